The van der Waals surface area contributed by atoms with Gasteiger partial charge < -0.3 is 0 Å². The van der Waals surface area contributed by atoms with E-state index in [1.165, 1.54) is 0 Å². The molecule has 7 N–H and O–H groups in total. The van der Waals surface area contributed by atoms with E-state index in [4.69, 9.17) is 78.5 Å². The van der Waals surface area contributed by atoms with E-state index in [1.807, 2.05) is 0 Å². The van der Waals surface area contributed by atoms with E-state index < -0.39 is 26.3 Å². The predicted octanol–water partition coefficient (Wildman–Crippen LogP) is 4.29. The van der Waals surface area contributed by atoms with Gasteiger partial charge in [0.2, 0.25) is 0 Å². The van der Waals surface area contributed by atoms with Gasteiger partial charge in [-0.2, -0.15) is 0 Å². The van der Waals surface area contributed by atoms with Crippen LogP contribution in [-0.2, 0) is 0 Å². The van der Waals surface area contributed by atoms with Crippen LogP contribution >= 0.6 is 93.8 Å². The number of hydrogen-bond acceptors (Lipinski definition) is 6. The topological polar surface area (TPSA) is 100 Å². The van der Waals surface area contributed by atoms with Gasteiger partial charge in [0.05, 0.1) is 0 Å². The van der Waals surface area contributed by atoms with Gasteiger partial charge in [-0.1, -0.05) is 0 Å². The van der Waals surface area contributed by atoms with Gasteiger partial charge in [-0.3, -0.25) is 0 Å². The van der Waals surface area contributed by atoms with Crippen molar-refractivity contribution >= 4 is 93.8 Å². The predicted molar refractivity (Wildman–Crippen MR) is 87.2 cm³/mol. The van der Waals surface area contributed by atoms with E-state index in [-0.39, 0.29) is 0 Å². The Morgan fingerprint density at radius 3 is 1.88 bits per heavy atom. The Morgan fingerprint density at radius 1 is 0.875 bits per heavy atom. The number of hydrogen-bond donors (Lipinski definition) is 5. The molecule has 0 atom stereocenters. The molecular formula is H10Cl6N6P4. The molecule has 0 unspecified atom stereocenters. The van der Waals surface area contributed by atoms with E-state index in [0.717, 1.165) is 0 Å². The molecule has 0 radical (unpaired) electrons. The first kappa shape index (κ1) is 17.1. The van der Waals surface area contributed by atoms with E-state index in [1.54, 1.807) is 0 Å². The first-order chi connectivity index (χ1) is 6.83. The molecule has 1 rings (SSSR count). The summed E-state index contributed by atoms with van der Waals surface area (Å²) >= 11 is 35.7. The van der Waals surface area contributed by atoms with Crippen LogP contribution in [0, 0.1) is 0 Å². The first-order valence-electron chi connectivity index (χ1n) is 3.55. The maximum absolute atomic E-state index is 5.96. The molecule has 0 saturated carbocycles. The molecule has 0 amide bonds. The molecule has 0 fully saturated rings. The van der Waals surface area contributed by atoms with Crippen LogP contribution in [-0.4, -0.2) is 0 Å². The van der Waals surface area contributed by atoms with Crippen molar-refractivity contribution in [3.8, 4) is 0 Å². The molecule has 0 aliphatic carbocycles. The van der Waals surface area contributed by atoms with Crippen molar-refractivity contribution in [2.75, 3.05) is 0 Å². The second kappa shape index (κ2) is 5.45. The Labute approximate surface area is 123 Å². The second-order valence-electron chi connectivity index (χ2n) is 2.89. The van der Waals surface area contributed by atoms with Crippen LogP contribution in [0.4, 0.5) is 0 Å². The molecule has 1 aliphatic heterocycles. The maximum atomic E-state index is 5.96. The second-order valence-corrected chi connectivity index (χ2v) is 23.3. The molecule has 0 aromatic heterocycles. The third-order valence-corrected chi connectivity index (χ3v) is 20.8. The average molecular weight is 431 g/mol. The molecule has 0 bridgehead atoms. The number of rotatable bonds is 0. The monoisotopic (exact) mass is 428 g/mol. The normalized spacial score (nSPS) is 37.0. The Bertz CT molecular complexity index is 332. The van der Waals surface area contributed by atoms with Crippen LogP contribution in [0.25, 0.3) is 0 Å². The number of nitrogens with one attached hydrogen (secondary N) is 3. The van der Waals surface area contributed by atoms with E-state index in [2.05, 4.69) is 19.1 Å². The molecule has 0 aromatic carbocycles. The minimum absolute atomic E-state index is 2.60. The summed E-state index contributed by atoms with van der Waals surface area (Å²) in [6.07, 6.45) is -9.74. The summed E-state index contributed by atoms with van der Waals surface area (Å²) in [5.74, 6) is 0. The van der Waals surface area contributed by atoms with Crippen molar-refractivity contribution < 1.29 is 0 Å². The van der Waals surface area contributed by atoms with Crippen LogP contribution in [0.15, 0.2) is 4.52 Å². The summed E-state index contributed by atoms with van der Waals surface area (Å²) in [4.78, 5) is 7.83. The Kier molecular flexibility index (Phi) is 5.83. The summed E-state index contributed by atoms with van der Waals surface area (Å²) in [6.45, 7) is 0. The molecule has 16 heavy (non-hydrogen) atoms. The van der Waals surface area contributed by atoms with Crippen molar-refractivity contribution in [3.63, 3.8) is 0 Å². The van der Waals surface area contributed by atoms with Crippen molar-refractivity contribution in [1.82, 2.24) is 14.6 Å². The van der Waals surface area contributed by atoms with Crippen molar-refractivity contribution in [1.29, 1.82) is 0 Å². The molecule has 1 heterocycles. The van der Waals surface area contributed by atoms with Crippen LogP contribution in [0.2, 0.25) is 0 Å². The van der Waals surface area contributed by atoms with Gasteiger partial charge in [0.25, 0.3) is 0 Å². The molecule has 0 spiro atoms. The van der Waals surface area contributed by atoms with Gasteiger partial charge in [0, 0.05) is 0 Å². The number of halogens is 6. The van der Waals surface area contributed by atoms with E-state index >= 15 is 0 Å². The summed E-state index contributed by atoms with van der Waals surface area (Å²) < 4.78 is 3.90. The number of nitrogens with two attached hydrogens (primary N) is 2. The Morgan fingerprint density at radius 2 is 1.38 bits per heavy atom. The Hall–Kier alpha value is 3.06. The fourth-order valence-electron chi connectivity index (χ4n) is 0.928. The zero-order chi connectivity index (χ0) is 12.8. The molecule has 1 aliphatic rings. The third kappa shape index (κ3) is 6.01. The van der Waals surface area contributed by atoms with Crippen molar-refractivity contribution in [2.24, 2.45) is 15.5 Å². The number of nitrogens with zero attached hydrogens (tertiary/aromatic N) is 1. The zero-order valence-electron chi connectivity index (χ0n) is 7.32. The minimum atomic E-state index is -3.31. The Balaban J connectivity index is 3.17. The van der Waals surface area contributed by atoms with Gasteiger partial charge in [-0.25, -0.2) is 0 Å². The molecule has 102 valence electrons. The summed E-state index contributed by atoms with van der Waals surface area (Å²) in [5.41, 5.74) is 11.4. The van der Waals surface area contributed by atoms with Crippen molar-refractivity contribution in [3.05, 3.63) is 0 Å². The van der Waals surface area contributed by atoms with Crippen LogP contribution in [0.1, 0.15) is 0 Å². The van der Waals surface area contributed by atoms with Gasteiger partial charge in [0.15, 0.2) is 0 Å². The quantitative estimate of drug-likeness (QED) is 0.369. The van der Waals surface area contributed by atoms with Gasteiger partial charge in [-0.15, -0.1) is 0 Å². The van der Waals surface area contributed by atoms with Crippen LogP contribution in [0.3, 0.4) is 0 Å². The molecule has 6 nitrogen and oxygen atoms in total. The summed E-state index contributed by atoms with van der Waals surface area (Å²) in [6, 6.07) is 0. The average Bonchev–Trinajstić information content (AvgIpc) is 1.67. The fourth-order valence-corrected chi connectivity index (χ4v) is 28.6. The first-order valence-corrected chi connectivity index (χ1v) is 17.4. The SMILES string of the molecule is NP1(N)=N[PH](Cl)(Cl)N[PH](Cl)(Cl)N[PH](Cl)(Cl)N1. The summed E-state index contributed by atoms with van der Waals surface area (Å²) in [5, 5.41) is 0. The van der Waals surface area contributed by atoms with Crippen molar-refractivity contribution in [2.45, 2.75) is 0 Å². The van der Waals surface area contributed by atoms with Gasteiger partial charge in [-0.05, 0) is 0 Å². The third-order valence-electron chi connectivity index (χ3n) is 1.23. The van der Waals surface area contributed by atoms with Crippen LogP contribution < -0.4 is 25.6 Å². The summed E-state index contributed by atoms with van der Waals surface area (Å²) in [7, 11) is -2.96. The standard InChI is InChI=1S/Cl6H10N6P4/c1-13(2)9-14(3,4)11-16(7,8)12-15(5,6)10-13/h9-11,13-15H,7-8H2. The molecular weight excluding hydrogens is 421 g/mol. The van der Waals surface area contributed by atoms with Gasteiger partial charge in [0.1, 0.15) is 0 Å². The molecule has 0 saturated heterocycles. The van der Waals surface area contributed by atoms with E-state index in [9.17, 15) is 0 Å². The zero-order valence-corrected chi connectivity index (χ0v) is 15.7. The van der Waals surface area contributed by atoms with Crippen LogP contribution in [0.5, 0.6) is 0 Å². The fraction of sp³-hybridized carbons (Fsp3) is 0. The van der Waals surface area contributed by atoms with Gasteiger partial charge >= 0.3 is 124 Å². The molecule has 0 aromatic rings. The van der Waals surface area contributed by atoms with E-state index in [0.29, 0.717) is 0 Å². The molecule has 16 heteroatoms.